The molecule has 2 aliphatic heterocycles. The second kappa shape index (κ2) is 5.96. The summed E-state index contributed by atoms with van der Waals surface area (Å²) in [6, 6.07) is -0.632. The van der Waals surface area contributed by atoms with Gasteiger partial charge in [-0.25, -0.2) is 0 Å². The Morgan fingerprint density at radius 3 is 2.61 bits per heavy atom. The van der Waals surface area contributed by atoms with E-state index in [4.69, 9.17) is 0 Å². The summed E-state index contributed by atoms with van der Waals surface area (Å²) in [6.07, 6.45) is 2.32. The Morgan fingerprint density at radius 2 is 1.89 bits per heavy atom. The lowest BCUT2D eigenvalue weighted by Crippen LogP contribution is -2.55. The Hall–Kier alpha value is -0.700. The van der Waals surface area contributed by atoms with Gasteiger partial charge in [0.25, 0.3) is 10.2 Å². The molecule has 2 heterocycles. The molecule has 2 fully saturated rings. The minimum atomic E-state index is -3.55. The van der Waals surface area contributed by atoms with Crippen LogP contribution in [0.3, 0.4) is 0 Å². The fourth-order valence-electron chi connectivity index (χ4n) is 2.19. The summed E-state index contributed by atoms with van der Waals surface area (Å²) in [5, 5.41) is 5.82. The van der Waals surface area contributed by atoms with Crippen molar-refractivity contribution in [3.63, 3.8) is 0 Å². The van der Waals surface area contributed by atoms with Gasteiger partial charge in [0.2, 0.25) is 5.91 Å². The summed E-state index contributed by atoms with van der Waals surface area (Å²) in [5.74, 6) is -0.216. The zero-order valence-corrected chi connectivity index (χ0v) is 11.1. The molecule has 2 saturated heterocycles. The lowest BCUT2D eigenvalue weighted by atomic mass is 10.1. The highest BCUT2D eigenvalue weighted by Crippen LogP contribution is 2.09. The summed E-state index contributed by atoms with van der Waals surface area (Å²) in [7, 11) is -3.55. The third-order valence-corrected chi connectivity index (χ3v) is 4.87. The standard InChI is InChI=1S/C10H20N4O3S/c15-10-9(3-1-2-4-12-10)13-18(16,17)14-7-5-11-6-8-14/h9,11,13H,1-8H2,(H,12,15). The molecule has 2 aliphatic rings. The first kappa shape index (κ1) is 13.7. The topological polar surface area (TPSA) is 90.5 Å². The predicted molar refractivity (Wildman–Crippen MR) is 67.1 cm³/mol. The van der Waals surface area contributed by atoms with Crippen molar-refractivity contribution in [2.75, 3.05) is 32.7 Å². The number of hydrogen-bond acceptors (Lipinski definition) is 4. The van der Waals surface area contributed by atoms with Gasteiger partial charge in [-0.05, 0) is 19.3 Å². The van der Waals surface area contributed by atoms with E-state index < -0.39 is 16.3 Å². The molecule has 2 rings (SSSR count). The normalized spacial score (nSPS) is 27.6. The number of rotatable bonds is 3. The van der Waals surface area contributed by atoms with Crippen LogP contribution in [0, 0.1) is 0 Å². The van der Waals surface area contributed by atoms with E-state index in [-0.39, 0.29) is 5.91 Å². The van der Waals surface area contributed by atoms with E-state index in [1.54, 1.807) is 0 Å². The zero-order chi connectivity index (χ0) is 13.0. The van der Waals surface area contributed by atoms with Crippen LogP contribution in [0.25, 0.3) is 0 Å². The van der Waals surface area contributed by atoms with Gasteiger partial charge in [-0.1, -0.05) is 0 Å². The van der Waals surface area contributed by atoms with Gasteiger partial charge in [0.05, 0.1) is 0 Å². The molecule has 7 nitrogen and oxygen atoms in total. The molecule has 3 N–H and O–H groups in total. The summed E-state index contributed by atoms with van der Waals surface area (Å²) in [5.41, 5.74) is 0. The Labute approximate surface area is 107 Å². The number of nitrogens with one attached hydrogen (secondary N) is 3. The minimum absolute atomic E-state index is 0.216. The predicted octanol–water partition coefficient (Wildman–Crippen LogP) is -1.61. The average Bonchev–Trinajstić information content (AvgIpc) is 2.56. The summed E-state index contributed by atoms with van der Waals surface area (Å²) >= 11 is 0. The van der Waals surface area contributed by atoms with Crippen LogP contribution >= 0.6 is 0 Å². The van der Waals surface area contributed by atoms with Gasteiger partial charge < -0.3 is 10.6 Å². The van der Waals surface area contributed by atoms with Crippen LogP contribution in [-0.2, 0) is 15.0 Å². The van der Waals surface area contributed by atoms with Crippen molar-refractivity contribution in [3.05, 3.63) is 0 Å². The second-order valence-electron chi connectivity index (χ2n) is 4.61. The molecule has 18 heavy (non-hydrogen) atoms. The number of hydrogen-bond donors (Lipinski definition) is 3. The lowest BCUT2D eigenvalue weighted by molar-refractivity contribution is -0.122. The molecule has 0 radical (unpaired) electrons. The summed E-state index contributed by atoms with van der Waals surface area (Å²) in [4.78, 5) is 11.7. The quantitative estimate of drug-likeness (QED) is 0.579. The Kier molecular flexibility index (Phi) is 4.55. The maximum absolute atomic E-state index is 12.1. The van der Waals surface area contributed by atoms with Gasteiger partial charge in [0.15, 0.2) is 0 Å². The highest BCUT2D eigenvalue weighted by atomic mass is 32.2. The van der Waals surface area contributed by atoms with Gasteiger partial charge in [0.1, 0.15) is 6.04 Å². The van der Waals surface area contributed by atoms with Crippen molar-refractivity contribution >= 4 is 16.1 Å². The van der Waals surface area contributed by atoms with Gasteiger partial charge in [-0.2, -0.15) is 17.4 Å². The van der Waals surface area contributed by atoms with Crippen molar-refractivity contribution in [1.29, 1.82) is 0 Å². The van der Waals surface area contributed by atoms with Crippen LogP contribution in [0.5, 0.6) is 0 Å². The van der Waals surface area contributed by atoms with E-state index in [0.29, 0.717) is 39.1 Å². The van der Waals surface area contributed by atoms with Crippen LogP contribution in [0.1, 0.15) is 19.3 Å². The highest BCUT2D eigenvalue weighted by Gasteiger charge is 2.30. The van der Waals surface area contributed by atoms with Crippen molar-refractivity contribution in [3.8, 4) is 0 Å². The van der Waals surface area contributed by atoms with Crippen LogP contribution in [-0.4, -0.2) is 57.4 Å². The average molecular weight is 276 g/mol. The maximum atomic E-state index is 12.1. The number of piperazine rings is 1. The van der Waals surface area contributed by atoms with E-state index in [1.165, 1.54) is 4.31 Å². The van der Waals surface area contributed by atoms with E-state index >= 15 is 0 Å². The molecule has 104 valence electrons. The van der Waals surface area contributed by atoms with E-state index in [0.717, 1.165) is 12.8 Å². The third-order valence-electron chi connectivity index (χ3n) is 3.24. The molecule has 0 aliphatic carbocycles. The van der Waals surface area contributed by atoms with Crippen LogP contribution in [0.2, 0.25) is 0 Å². The van der Waals surface area contributed by atoms with Crippen LogP contribution in [0.4, 0.5) is 0 Å². The van der Waals surface area contributed by atoms with E-state index in [1.807, 2.05) is 0 Å². The number of amides is 1. The molecule has 1 unspecified atom stereocenters. The lowest BCUT2D eigenvalue weighted by Gasteiger charge is -2.28. The van der Waals surface area contributed by atoms with Crippen molar-refractivity contribution in [1.82, 2.24) is 19.7 Å². The Balaban J connectivity index is 1.99. The van der Waals surface area contributed by atoms with Crippen LogP contribution < -0.4 is 15.4 Å². The molecule has 0 aromatic carbocycles. The first-order chi connectivity index (χ1) is 8.59. The molecule has 0 saturated carbocycles. The molecule has 8 heteroatoms. The van der Waals surface area contributed by atoms with E-state index in [9.17, 15) is 13.2 Å². The van der Waals surface area contributed by atoms with Crippen molar-refractivity contribution in [2.45, 2.75) is 25.3 Å². The number of carbonyl (C=O) groups excluding carboxylic acids is 1. The summed E-state index contributed by atoms with van der Waals surface area (Å²) in [6.45, 7) is 2.83. The van der Waals surface area contributed by atoms with E-state index in [2.05, 4.69) is 15.4 Å². The van der Waals surface area contributed by atoms with Crippen molar-refractivity contribution in [2.24, 2.45) is 0 Å². The fraction of sp³-hybridized carbons (Fsp3) is 0.900. The molecular formula is C10H20N4O3S. The van der Waals surface area contributed by atoms with Crippen LogP contribution in [0.15, 0.2) is 0 Å². The molecular weight excluding hydrogens is 256 g/mol. The van der Waals surface area contributed by atoms with Crippen molar-refractivity contribution < 1.29 is 13.2 Å². The zero-order valence-electron chi connectivity index (χ0n) is 10.3. The largest absolute Gasteiger partial charge is 0.355 e. The minimum Gasteiger partial charge on any atom is -0.355 e. The number of carbonyl (C=O) groups is 1. The first-order valence-corrected chi connectivity index (χ1v) is 7.79. The molecule has 0 aromatic heterocycles. The third kappa shape index (κ3) is 3.41. The first-order valence-electron chi connectivity index (χ1n) is 6.35. The Bertz CT molecular complexity index is 392. The molecule has 1 atom stereocenters. The van der Waals surface area contributed by atoms with Gasteiger partial charge >= 0.3 is 0 Å². The van der Waals surface area contributed by atoms with Gasteiger partial charge in [-0.15, -0.1) is 0 Å². The molecule has 0 spiro atoms. The SMILES string of the molecule is O=C1NCCCCC1NS(=O)(=O)N1CCNCC1. The summed E-state index contributed by atoms with van der Waals surface area (Å²) < 4.78 is 28.1. The van der Waals surface area contributed by atoms with Gasteiger partial charge in [0, 0.05) is 32.7 Å². The highest BCUT2D eigenvalue weighted by molar-refractivity contribution is 7.87. The molecule has 0 bridgehead atoms. The second-order valence-corrected chi connectivity index (χ2v) is 6.31. The van der Waals surface area contributed by atoms with Gasteiger partial charge in [-0.3, -0.25) is 4.79 Å². The maximum Gasteiger partial charge on any atom is 0.280 e. The monoisotopic (exact) mass is 276 g/mol. The smallest absolute Gasteiger partial charge is 0.280 e. The number of nitrogens with zero attached hydrogens (tertiary/aromatic N) is 1. The fourth-order valence-corrected chi connectivity index (χ4v) is 3.59. The molecule has 0 aromatic rings. The molecule has 1 amide bonds. The Morgan fingerprint density at radius 1 is 1.17 bits per heavy atom.